The minimum absolute atomic E-state index is 0.0286. The van der Waals surface area contributed by atoms with Crippen LogP contribution < -0.4 is 16.0 Å². The zero-order chi connectivity index (χ0) is 15.4. The Kier molecular flexibility index (Phi) is 4.98. The largest absolute Gasteiger partial charge is 0.496 e. The monoisotopic (exact) mass is 288 g/mol. The van der Waals surface area contributed by atoms with Crippen molar-refractivity contribution < 1.29 is 4.74 Å². The maximum atomic E-state index is 5.76. The lowest BCUT2D eigenvalue weighted by Crippen LogP contribution is -2.30. The van der Waals surface area contributed by atoms with Gasteiger partial charge < -0.3 is 4.74 Å². The molecule has 5 nitrogen and oxygen atoms in total. The molecule has 5 heteroatoms. The van der Waals surface area contributed by atoms with E-state index in [1.165, 1.54) is 5.69 Å². The molecular weight excluding hydrogens is 264 g/mol. The van der Waals surface area contributed by atoms with E-state index in [9.17, 15) is 0 Å². The van der Waals surface area contributed by atoms with Crippen LogP contribution >= 0.6 is 0 Å². The predicted molar refractivity (Wildman–Crippen MR) is 84.1 cm³/mol. The van der Waals surface area contributed by atoms with Crippen LogP contribution in [-0.4, -0.2) is 16.9 Å². The fraction of sp³-hybridized carbons (Fsp3) is 0.438. The van der Waals surface area contributed by atoms with Crippen LogP contribution in [0.2, 0.25) is 0 Å². The average Bonchev–Trinajstić information content (AvgIpc) is 2.85. The Morgan fingerprint density at radius 1 is 1.33 bits per heavy atom. The maximum absolute atomic E-state index is 5.76. The van der Waals surface area contributed by atoms with E-state index in [2.05, 4.69) is 35.6 Å². The molecule has 1 unspecified atom stereocenters. The lowest BCUT2D eigenvalue weighted by atomic mass is 10.0. The van der Waals surface area contributed by atoms with Crippen molar-refractivity contribution in [3.05, 3.63) is 46.8 Å². The molecule has 0 aliphatic carbocycles. The summed E-state index contributed by atoms with van der Waals surface area (Å²) in [6, 6.07) is 8.32. The van der Waals surface area contributed by atoms with Crippen molar-refractivity contribution in [1.29, 1.82) is 0 Å². The number of nitrogens with two attached hydrogens (primary N) is 1. The molecule has 2 aromatic rings. The molecule has 1 atom stereocenters. The standard InChI is InChI=1S/C16H24N4O/c1-5-20-14(8-12(3)19-20)10-15(18-17)13-7-6-11(2)16(9-13)21-4/h6-9,15,18H,5,10,17H2,1-4H3. The van der Waals surface area contributed by atoms with Gasteiger partial charge in [-0.05, 0) is 44.0 Å². The van der Waals surface area contributed by atoms with E-state index in [-0.39, 0.29) is 6.04 Å². The van der Waals surface area contributed by atoms with E-state index in [0.717, 1.165) is 35.5 Å². The third-order valence-electron chi connectivity index (χ3n) is 3.73. The SMILES string of the molecule is CCn1nc(C)cc1CC(NN)c1ccc(C)c(OC)c1. The summed E-state index contributed by atoms with van der Waals surface area (Å²) in [6.07, 6.45) is 0.789. The van der Waals surface area contributed by atoms with Crippen molar-refractivity contribution in [2.75, 3.05) is 7.11 Å². The van der Waals surface area contributed by atoms with Gasteiger partial charge in [0.05, 0.1) is 18.8 Å². The van der Waals surface area contributed by atoms with Gasteiger partial charge in [-0.3, -0.25) is 16.0 Å². The number of benzene rings is 1. The first kappa shape index (κ1) is 15.5. The molecule has 3 N–H and O–H groups in total. The van der Waals surface area contributed by atoms with Crippen LogP contribution in [0.5, 0.6) is 5.75 Å². The summed E-state index contributed by atoms with van der Waals surface area (Å²) in [7, 11) is 1.69. The van der Waals surface area contributed by atoms with Crippen LogP contribution in [0.15, 0.2) is 24.3 Å². The molecule has 0 bridgehead atoms. The fourth-order valence-corrected chi connectivity index (χ4v) is 2.57. The van der Waals surface area contributed by atoms with Crippen molar-refractivity contribution in [2.24, 2.45) is 5.84 Å². The Bertz CT molecular complexity index is 606. The second kappa shape index (κ2) is 6.74. The lowest BCUT2D eigenvalue weighted by molar-refractivity contribution is 0.409. The molecule has 0 aliphatic rings. The first-order valence-electron chi connectivity index (χ1n) is 7.23. The Morgan fingerprint density at radius 3 is 2.71 bits per heavy atom. The summed E-state index contributed by atoms with van der Waals surface area (Å²) in [5, 5.41) is 4.48. The van der Waals surface area contributed by atoms with Gasteiger partial charge in [-0.25, -0.2) is 0 Å². The van der Waals surface area contributed by atoms with Crippen LogP contribution in [0.25, 0.3) is 0 Å². The molecule has 1 heterocycles. The van der Waals surface area contributed by atoms with Gasteiger partial charge in [0.15, 0.2) is 0 Å². The van der Waals surface area contributed by atoms with E-state index < -0.39 is 0 Å². The Labute approximate surface area is 126 Å². The van der Waals surface area contributed by atoms with Crippen LogP contribution in [0.3, 0.4) is 0 Å². The van der Waals surface area contributed by atoms with E-state index in [0.29, 0.717) is 0 Å². The van der Waals surface area contributed by atoms with Gasteiger partial charge >= 0.3 is 0 Å². The van der Waals surface area contributed by atoms with Gasteiger partial charge in [0.2, 0.25) is 0 Å². The van der Waals surface area contributed by atoms with Crippen LogP contribution in [0.4, 0.5) is 0 Å². The number of nitrogens with zero attached hydrogens (tertiary/aromatic N) is 2. The van der Waals surface area contributed by atoms with Gasteiger partial charge in [-0.15, -0.1) is 0 Å². The van der Waals surface area contributed by atoms with Crippen molar-refractivity contribution in [3.63, 3.8) is 0 Å². The Hall–Kier alpha value is -1.85. The molecule has 0 amide bonds. The third kappa shape index (κ3) is 3.43. The highest BCUT2D eigenvalue weighted by atomic mass is 16.5. The van der Waals surface area contributed by atoms with Crippen LogP contribution in [0, 0.1) is 13.8 Å². The molecule has 0 fully saturated rings. The molecule has 0 saturated carbocycles. The number of aromatic nitrogens is 2. The van der Waals surface area contributed by atoms with Gasteiger partial charge in [0.25, 0.3) is 0 Å². The number of hydrogen-bond acceptors (Lipinski definition) is 4. The summed E-state index contributed by atoms with van der Waals surface area (Å²) in [5.74, 6) is 6.64. The average molecular weight is 288 g/mol. The number of methoxy groups -OCH3 is 1. The summed E-state index contributed by atoms with van der Waals surface area (Å²) >= 11 is 0. The van der Waals surface area contributed by atoms with Gasteiger partial charge in [0, 0.05) is 18.7 Å². The number of rotatable bonds is 6. The van der Waals surface area contributed by atoms with Crippen LogP contribution in [-0.2, 0) is 13.0 Å². The summed E-state index contributed by atoms with van der Waals surface area (Å²) < 4.78 is 7.41. The van der Waals surface area contributed by atoms with E-state index in [1.54, 1.807) is 7.11 Å². The second-order valence-corrected chi connectivity index (χ2v) is 5.25. The first-order valence-corrected chi connectivity index (χ1v) is 7.23. The molecule has 0 radical (unpaired) electrons. The topological polar surface area (TPSA) is 65.1 Å². The molecule has 0 spiro atoms. The first-order chi connectivity index (χ1) is 10.1. The fourth-order valence-electron chi connectivity index (χ4n) is 2.57. The summed E-state index contributed by atoms with van der Waals surface area (Å²) in [5.41, 5.74) is 7.34. The highest BCUT2D eigenvalue weighted by molar-refractivity contribution is 5.38. The molecule has 21 heavy (non-hydrogen) atoms. The van der Waals surface area contributed by atoms with E-state index >= 15 is 0 Å². The molecule has 0 saturated heterocycles. The normalized spacial score (nSPS) is 12.4. The van der Waals surface area contributed by atoms with E-state index in [1.807, 2.05) is 24.6 Å². The Morgan fingerprint density at radius 2 is 2.10 bits per heavy atom. The molecule has 2 rings (SSSR count). The van der Waals surface area contributed by atoms with Gasteiger partial charge in [-0.2, -0.15) is 5.10 Å². The minimum Gasteiger partial charge on any atom is -0.496 e. The smallest absolute Gasteiger partial charge is 0.122 e. The number of aryl methyl sites for hydroxylation is 3. The summed E-state index contributed by atoms with van der Waals surface area (Å²) in [4.78, 5) is 0. The van der Waals surface area contributed by atoms with Crippen molar-refractivity contribution in [1.82, 2.24) is 15.2 Å². The predicted octanol–water partition coefficient (Wildman–Crippen LogP) is 2.28. The minimum atomic E-state index is 0.0286. The second-order valence-electron chi connectivity index (χ2n) is 5.25. The summed E-state index contributed by atoms with van der Waals surface area (Å²) in [6.45, 7) is 6.99. The number of hydrogen-bond donors (Lipinski definition) is 2. The Balaban J connectivity index is 2.27. The molecule has 1 aromatic carbocycles. The number of ether oxygens (including phenoxy) is 1. The number of nitrogens with one attached hydrogen (secondary N) is 1. The van der Waals surface area contributed by atoms with E-state index in [4.69, 9.17) is 10.6 Å². The van der Waals surface area contributed by atoms with Gasteiger partial charge in [-0.1, -0.05) is 12.1 Å². The molecular formula is C16H24N4O. The molecule has 114 valence electrons. The van der Waals surface area contributed by atoms with Gasteiger partial charge in [0.1, 0.15) is 5.75 Å². The van der Waals surface area contributed by atoms with Crippen molar-refractivity contribution in [2.45, 2.75) is 39.8 Å². The van der Waals surface area contributed by atoms with Crippen molar-refractivity contribution >= 4 is 0 Å². The maximum Gasteiger partial charge on any atom is 0.122 e. The molecule has 1 aromatic heterocycles. The van der Waals surface area contributed by atoms with Crippen molar-refractivity contribution in [3.8, 4) is 5.75 Å². The quantitative estimate of drug-likeness (QED) is 0.632. The highest BCUT2D eigenvalue weighted by Gasteiger charge is 2.15. The zero-order valence-corrected chi connectivity index (χ0v) is 13.2. The molecule has 0 aliphatic heterocycles. The van der Waals surface area contributed by atoms with Crippen LogP contribution in [0.1, 0.15) is 35.5 Å². The number of hydrazine groups is 1. The zero-order valence-electron chi connectivity index (χ0n) is 13.2. The highest BCUT2D eigenvalue weighted by Crippen LogP contribution is 2.25. The third-order valence-corrected chi connectivity index (χ3v) is 3.73. The lowest BCUT2D eigenvalue weighted by Gasteiger charge is -2.18.